The smallest absolute Gasteiger partial charge is 0.259 e. The van der Waals surface area contributed by atoms with Gasteiger partial charge < -0.3 is 19.0 Å². The van der Waals surface area contributed by atoms with Crippen LogP contribution in [0.4, 0.5) is 0 Å². The number of para-hydroxylation sites is 1. The predicted octanol–water partition coefficient (Wildman–Crippen LogP) is 3.26. The van der Waals surface area contributed by atoms with Crippen molar-refractivity contribution in [3.63, 3.8) is 0 Å². The number of aromatic nitrogens is 3. The van der Waals surface area contributed by atoms with Crippen LogP contribution in [0.1, 0.15) is 0 Å². The second-order valence-corrected chi connectivity index (χ2v) is 5.59. The number of pyridine rings is 1. The van der Waals surface area contributed by atoms with Crippen LogP contribution in [0, 0.1) is 0 Å². The van der Waals surface area contributed by atoms with E-state index in [-0.39, 0.29) is 17.3 Å². The number of fused-ring (bicyclic) bond motifs is 1. The molecule has 26 heavy (non-hydrogen) atoms. The number of aromatic amines is 1. The third-order valence-corrected chi connectivity index (χ3v) is 4.05. The van der Waals surface area contributed by atoms with Crippen LogP contribution in [0.5, 0.6) is 11.5 Å². The molecule has 2 aromatic carbocycles. The van der Waals surface area contributed by atoms with Gasteiger partial charge in [-0.2, -0.15) is 4.98 Å². The Labute approximate surface area is 148 Å². The molecule has 0 radical (unpaired) electrons. The number of nitrogens with zero attached hydrogens (tertiary/aromatic N) is 2. The molecule has 0 atom stereocenters. The van der Waals surface area contributed by atoms with Crippen molar-refractivity contribution in [2.45, 2.75) is 0 Å². The summed E-state index contributed by atoms with van der Waals surface area (Å²) in [6.45, 7) is 0. The van der Waals surface area contributed by atoms with E-state index < -0.39 is 0 Å². The number of H-pyrrole nitrogens is 1. The number of rotatable bonds is 4. The van der Waals surface area contributed by atoms with Gasteiger partial charge in [-0.05, 0) is 35.7 Å². The maximum Gasteiger partial charge on any atom is 0.259 e. The SMILES string of the molecule is COc1ccc(-c2nc(-c3cc4ccccc4[nH]c3=O)no2)cc1OC. The van der Waals surface area contributed by atoms with Crippen molar-refractivity contribution in [3.8, 4) is 34.3 Å². The summed E-state index contributed by atoms with van der Waals surface area (Å²) in [4.78, 5) is 19.5. The molecule has 2 heterocycles. The van der Waals surface area contributed by atoms with Gasteiger partial charge in [-0.25, -0.2) is 0 Å². The van der Waals surface area contributed by atoms with E-state index in [2.05, 4.69) is 15.1 Å². The Morgan fingerprint density at radius 3 is 2.62 bits per heavy atom. The highest BCUT2D eigenvalue weighted by molar-refractivity contribution is 5.82. The largest absolute Gasteiger partial charge is 0.493 e. The molecule has 0 fully saturated rings. The molecule has 0 bridgehead atoms. The van der Waals surface area contributed by atoms with E-state index in [4.69, 9.17) is 14.0 Å². The van der Waals surface area contributed by atoms with Gasteiger partial charge in [0.25, 0.3) is 11.4 Å². The minimum atomic E-state index is -0.275. The second-order valence-electron chi connectivity index (χ2n) is 5.59. The van der Waals surface area contributed by atoms with Gasteiger partial charge in [0, 0.05) is 11.1 Å². The van der Waals surface area contributed by atoms with Gasteiger partial charge in [0.2, 0.25) is 5.82 Å². The van der Waals surface area contributed by atoms with Crippen molar-refractivity contribution in [1.29, 1.82) is 0 Å². The average molecular weight is 349 g/mol. The van der Waals surface area contributed by atoms with Crippen LogP contribution in [0.2, 0.25) is 0 Å². The first-order chi connectivity index (χ1) is 12.7. The zero-order valence-electron chi connectivity index (χ0n) is 14.1. The molecule has 0 unspecified atom stereocenters. The van der Waals surface area contributed by atoms with E-state index in [9.17, 15) is 4.79 Å². The lowest BCUT2D eigenvalue weighted by atomic mass is 10.1. The zero-order chi connectivity index (χ0) is 18.1. The molecule has 0 aliphatic carbocycles. The number of benzene rings is 2. The third kappa shape index (κ3) is 2.69. The summed E-state index contributed by atoms with van der Waals surface area (Å²) in [5, 5.41) is 4.84. The van der Waals surface area contributed by atoms with Crippen LogP contribution < -0.4 is 15.0 Å². The second kappa shape index (κ2) is 6.36. The lowest BCUT2D eigenvalue weighted by Crippen LogP contribution is -2.09. The van der Waals surface area contributed by atoms with Crippen LogP contribution in [0.3, 0.4) is 0 Å². The molecule has 130 valence electrons. The summed E-state index contributed by atoms with van der Waals surface area (Å²) < 4.78 is 15.8. The van der Waals surface area contributed by atoms with Gasteiger partial charge in [0.15, 0.2) is 11.5 Å². The number of nitrogens with one attached hydrogen (secondary N) is 1. The third-order valence-electron chi connectivity index (χ3n) is 4.05. The average Bonchev–Trinajstić information content (AvgIpc) is 3.16. The normalized spacial score (nSPS) is 10.8. The van der Waals surface area contributed by atoms with E-state index in [0.29, 0.717) is 22.6 Å². The van der Waals surface area contributed by atoms with Gasteiger partial charge in [0.1, 0.15) is 0 Å². The number of methoxy groups -OCH3 is 2. The molecule has 1 N–H and O–H groups in total. The summed E-state index contributed by atoms with van der Waals surface area (Å²) in [5.41, 5.74) is 1.49. The fourth-order valence-electron chi connectivity index (χ4n) is 2.73. The Morgan fingerprint density at radius 2 is 1.81 bits per heavy atom. The minimum Gasteiger partial charge on any atom is -0.493 e. The molecule has 0 spiro atoms. The first kappa shape index (κ1) is 15.9. The van der Waals surface area contributed by atoms with Crippen molar-refractivity contribution in [2.24, 2.45) is 0 Å². The Balaban J connectivity index is 1.77. The molecule has 2 aromatic heterocycles. The molecule has 0 aliphatic heterocycles. The van der Waals surface area contributed by atoms with Crippen molar-refractivity contribution in [2.75, 3.05) is 14.2 Å². The Morgan fingerprint density at radius 1 is 1.00 bits per heavy atom. The first-order valence-electron chi connectivity index (χ1n) is 7.88. The van der Waals surface area contributed by atoms with E-state index in [0.717, 1.165) is 10.9 Å². The summed E-state index contributed by atoms with van der Waals surface area (Å²) >= 11 is 0. The maximum atomic E-state index is 12.3. The van der Waals surface area contributed by atoms with Gasteiger partial charge in [0.05, 0.1) is 19.8 Å². The highest BCUT2D eigenvalue weighted by Gasteiger charge is 2.16. The minimum absolute atomic E-state index is 0.224. The standard InChI is InChI=1S/C19H15N3O4/c1-24-15-8-7-12(10-16(15)25-2)19-21-17(22-26-19)13-9-11-5-3-4-6-14(11)20-18(13)23/h3-10H,1-2H3,(H,20,23). The molecule has 0 aliphatic rings. The van der Waals surface area contributed by atoms with E-state index in [1.54, 1.807) is 38.5 Å². The fraction of sp³-hybridized carbons (Fsp3) is 0.105. The monoisotopic (exact) mass is 349 g/mol. The molecule has 0 amide bonds. The summed E-state index contributed by atoms with van der Waals surface area (Å²) in [6.07, 6.45) is 0. The lowest BCUT2D eigenvalue weighted by molar-refractivity contribution is 0.355. The van der Waals surface area contributed by atoms with Crippen molar-refractivity contribution in [3.05, 3.63) is 58.9 Å². The first-order valence-corrected chi connectivity index (χ1v) is 7.88. The summed E-state index contributed by atoms with van der Waals surface area (Å²) in [6, 6.07) is 14.5. The van der Waals surface area contributed by atoms with Crippen LogP contribution in [0.25, 0.3) is 33.7 Å². The molecule has 0 saturated heterocycles. The van der Waals surface area contributed by atoms with E-state index >= 15 is 0 Å². The van der Waals surface area contributed by atoms with Crippen LogP contribution in [-0.2, 0) is 0 Å². The van der Waals surface area contributed by atoms with Gasteiger partial charge in [-0.1, -0.05) is 23.4 Å². The Bertz CT molecular complexity index is 1150. The lowest BCUT2D eigenvalue weighted by Gasteiger charge is -2.07. The van der Waals surface area contributed by atoms with Crippen LogP contribution in [0.15, 0.2) is 57.8 Å². The summed E-state index contributed by atoms with van der Waals surface area (Å²) in [7, 11) is 3.11. The molecular weight excluding hydrogens is 334 g/mol. The quantitative estimate of drug-likeness (QED) is 0.608. The molecule has 0 saturated carbocycles. The summed E-state index contributed by atoms with van der Waals surface area (Å²) in [5.74, 6) is 1.66. The topological polar surface area (TPSA) is 90.2 Å². The fourth-order valence-corrected chi connectivity index (χ4v) is 2.73. The van der Waals surface area contributed by atoms with Crippen molar-refractivity contribution >= 4 is 10.9 Å². The molecule has 7 nitrogen and oxygen atoms in total. The highest BCUT2D eigenvalue weighted by Crippen LogP contribution is 2.32. The highest BCUT2D eigenvalue weighted by atomic mass is 16.5. The van der Waals surface area contributed by atoms with Crippen molar-refractivity contribution in [1.82, 2.24) is 15.1 Å². The molecule has 4 rings (SSSR count). The van der Waals surface area contributed by atoms with Gasteiger partial charge >= 0.3 is 0 Å². The Kier molecular flexibility index (Phi) is 3.89. The van der Waals surface area contributed by atoms with E-state index in [1.807, 2.05) is 24.3 Å². The number of hydrogen-bond donors (Lipinski definition) is 1. The van der Waals surface area contributed by atoms with E-state index in [1.165, 1.54) is 0 Å². The number of ether oxygens (including phenoxy) is 2. The van der Waals surface area contributed by atoms with Crippen LogP contribution >= 0.6 is 0 Å². The Hall–Kier alpha value is -3.61. The molecular formula is C19H15N3O4. The zero-order valence-corrected chi connectivity index (χ0v) is 14.1. The van der Waals surface area contributed by atoms with Crippen molar-refractivity contribution < 1.29 is 14.0 Å². The molecule has 4 aromatic rings. The number of hydrogen-bond acceptors (Lipinski definition) is 6. The van der Waals surface area contributed by atoms with Gasteiger partial charge in [-0.15, -0.1) is 0 Å². The van der Waals surface area contributed by atoms with Gasteiger partial charge in [-0.3, -0.25) is 4.79 Å². The molecule has 7 heteroatoms. The maximum absolute atomic E-state index is 12.3. The van der Waals surface area contributed by atoms with Crippen LogP contribution in [-0.4, -0.2) is 29.3 Å². The predicted molar refractivity (Wildman–Crippen MR) is 96.4 cm³/mol.